The third kappa shape index (κ3) is 2.44. The average Bonchev–Trinajstić information content (AvgIpc) is 2.99. The van der Waals surface area contributed by atoms with Crippen molar-refractivity contribution in [1.29, 1.82) is 0 Å². The van der Waals surface area contributed by atoms with Crippen LogP contribution in [0.15, 0.2) is 30.3 Å². The summed E-state index contributed by atoms with van der Waals surface area (Å²) in [6.07, 6.45) is -0.510. The van der Waals surface area contributed by atoms with E-state index in [-0.39, 0.29) is 6.10 Å². The molecule has 2 unspecified atom stereocenters. The molecule has 1 saturated heterocycles. The van der Waals surface area contributed by atoms with E-state index in [4.69, 9.17) is 9.47 Å². The second-order valence-electron chi connectivity index (χ2n) is 3.06. The molecule has 1 heterocycles. The topological polar surface area (TPSA) is 42.0 Å². The zero-order chi connectivity index (χ0) is 9.10. The van der Waals surface area contributed by atoms with E-state index in [1.165, 1.54) is 0 Å². The summed E-state index contributed by atoms with van der Waals surface area (Å²) in [5.74, 6) is 0.780. The Morgan fingerprint density at radius 2 is 2.15 bits per heavy atom. The van der Waals surface area contributed by atoms with Crippen LogP contribution in [-0.2, 0) is 4.74 Å². The van der Waals surface area contributed by atoms with Gasteiger partial charge in [-0.3, -0.25) is 0 Å². The van der Waals surface area contributed by atoms with Crippen molar-refractivity contribution in [3.63, 3.8) is 0 Å². The predicted molar refractivity (Wildman–Crippen MR) is 47.7 cm³/mol. The molecule has 0 radical (unpaired) electrons. The molecule has 2 atom stereocenters. The maximum absolute atomic E-state index is 9.40. The van der Waals surface area contributed by atoms with Gasteiger partial charge in [-0.15, -0.1) is 0 Å². The van der Waals surface area contributed by atoms with Gasteiger partial charge in [0.1, 0.15) is 24.6 Å². The molecule has 0 spiro atoms. The second kappa shape index (κ2) is 3.77. The summed E-state index contributed by atoms with van der Waals surface area (Å²) >= 11 is 0. The minimum Gasteiger partial charge on any atom is -0.491 e. The van der Waals surface area contributed by atoms with Gasteiger partial charge in [0.05, 0.1) is 6.61 Å². The standard InChI is InChI=1S/C10H12O3/c11-9(10-7-13-10)6-12-8-4-2-1-3-5-8/h1-5,9-11H,6-7H2. The Labute approximate surface area is 76.9 Å². The van der Waals surface area contributed by atoms with Crippen LogP contribution in [0.3, 0.4) is 0 Å². The number of hydrogen-bond donors (Lipinski definition) is 1. The molecule has 13 heavy (non-hydrogen) atoms. The monoisotopic (exact) mass is 180 g/mol. The zero-order valence-corrected chi connectivity index (χ0v) is 7.22. The lowest BCUT2D eigenvalue weighted by atomic mass is 10.3. The van der Waals surface area contributed by atoms with E-state index in [2.05, 4.69) is 0 Å². The first-order valence-electron chi connectivity index (χ1n) is 4.34. The van der Waals surface area contributed by atoms with Crippen molar-refractivity contribution in [2.45, 2.75) is 12.2 Å². The van der Waals surface area contributed by atoms with E-state index in [9.17, 15) is 5.11 Å². The lowest BCUT2D eigenvalue weighted by molar-refractivity contribution is 0.0809. The minimum absolute atomic E-state index is 0.0105. The summed E-state index contributed by atoms with van der Waals surface area (Å²) in [4.78, 5) is 0. The lowest BCUT2D eigenvalue weighted by Crippen LogP contribution is -2.23. The van der Waals surface area contributed by atoms with Crippen LogP contribution >= 0.6 is 0 Å². The van der Waals surface area contributed by atoms with E-state index >= 15 is 0 Å². The molecule has 3 heteroatoms. The van der Waals surface area contributed by atoms with Gasteiger partial charge in [-0.05, 0) is 12.1 Å². The van der Waals surface area contributed by atoms with Crippen molar-refractivity contribution < 1.29 is 14.6 Å². The van der Waals surface area contributed by atoms with Gasteiger partial charge in [0.15, 0.2) is 0 Å². The Morgan fingerprint density at radius 3 is 2.77 bits per heavy atom. The number of ether oxygens (including phenoxy) is 2. The van der Waals surface area contributed by atoms with Crippen molar-refractivity contribution in [1.82, 2.24) is 0 Å². The molecule has 0 amide bonds. The van der Waals surface area contributed by atoms with E-state index in [1.807, 2.05) is 30.3 Å². The number of aliphatic hydroxyl groups is 1. The normalized spacial score (nSPS) is 22.4. The molecule has 0 aliphatic carbocycles. The third-order valence-electron chi connectivity index (χ3n) is 1.95. The molecule has 1 aromatic rings. The Bertz CT molecular complexity index is 256. The van der Waals surface area contributed by atoms with Crippen LogP contribution in [0.1, 0.15) is 0 Å². The highest BCUT2D eigenvalue weighted by Crippen LogP contribution is 2.15. The number of benzene rings is 1. The Morgan fingerprint density at radius 1 is 1.46 bits per heavy atom. The van der Waals surface area contributed by atoms with Gasteiger partial charge < -0.3 is 14.6 Å². The van der Waals surface area contributed by atoms with Gasteiger partial charge >= 0.3 is 0 Å². The van der Waals surface area contributed by atoms with Crippen molar-refractivity contribution in [3.8, 4) is 5.75 Å². The Balaban J connectivity index is 1.78. The summed E-state index contributed by atoms with van der Waals surface area (Å²) in [7, 11) is 0. The molecule has 1 fully saturated rings. The molecule has 0 bridgehead atoms. The van der Waals surface area contributed by atoms with Crippen molar-refractivity contribution in [3.05, 3.63) is 30.3 Å². The Kier molecular flexibility index (Phi) is 2.47. The number of para-hydroxylation sites is 1. The third-order valence-corrected chi connectivity index (χ3v) is 1.95. The van der Waals surface area contributed by atoms with Gasteiger partial charge in [-0.25, -0.2) is 0 Å². The fraction of sp³-hybridized carbons (Fsp3) is 0.400. The highest BCUT2D eigenvalue weighted by atomic mass is 16.6. The number of aliphatic hydroxyl groups excluding tert-OH is 1. The first-order chi connectivity index (χ1) is 6.36. The van der Waals surface area contributed by atoms with Gasteiger partial charge in [0, 0.05) is 0 Å². The van der Waals surface area contributed by atoms with Crippen LogP contribution in [0.25, 0.3) is 0 Å². The molecule has 1 aliphatic heterocycles. The van der Waals surface area contributed by atoms with E-state index < -0.39 is 6.10 Å². The van der Waals surface area contributed by atoms with Crippen LogP contribution in [0.2, 0.25) is 0 Å². The average molecular weight is 180 g/mol. The fourth-order valence-electron chi connectivity index (χ4n) is 1.08. The van der Waals surface area contributed by atoms with Crippen LogP contribution in [0.4, 0.5) is 0 Å². The maximum atomic E-state index is 9.40. The summed E-state index contributed by atoms with van der Waals surface area (Å²) in [5.41, 5.74) is 0. The minimum atomic E-state index is -0.500. The van der Waals surface area contributed by atoms with Crippen LogP contribution < -0.4 is 4.74 Å². The first kappa shape index (κ1) is 8.53. The van der Waals surface area contributed by atoms with Gasteiger partial charge in [-0.1, -0.05) is 18.2 Å². The SMILES string of the molecule is OC(COc1ccccc1)C1CO1. The molecule has 1 aliphatic rings. The van der Waals surface area contributed by atoms with Crippen LogP contribution in [0.5, 0.6) is 5.75 Å². The molecular formula is C10H12O3. The van der Waals surface area contributed by atoms with Crippen molar-refractivity contribution in [2.24, 2.45) is 0 Å². The summed E-state index contributed by atoms with van der Waals surface area (Å²) in [6, 6.07) is 9.44. The maximum Gasteiger partial charge on any atom is 0.119 e. The highest BCUT2D eigenvalue weighted by Gasteiger charge is 2.31. The lowest BCUT2D eigenvalue weighted by Gasteiger charge is -2.09. The van der Waals surface area contributed by atoms with Gasteiger partial charge in [-0.2, -0.15) is 0 Å². The molecule has 0 saturated carbocycles. The van der Waals surface area contributed by atoms with Crippen molar-refractivity contribution in [2.75, 3.05) is 13.2 Å². The van der Waals surface area contributed by atoms with Gasteiger partial charge in [0.2, 0.25) is 0 Å². The molecule has 1 N–H and O–H groups in total. The number of epoxide rings is 1. The van der Waals surface area contributed by atoms with E-state index in [1.54, 1.807) is 0 Å². The number of hydrogen-bond acceptors (Lipinski definition) is 3. The quantitative estimate of drug-likeness (QED) is 0.698. The smallest absolute Gasteiger partial charge is 0.119 e. The van der Waals surface area contributed by atoms with E-state index in [0.717, 1.165) is 5.75 Å². The zero-order valence-electron chi connectivity index (χ0n) is 7.22. The number of rotatable bonds is 4. The molecule has 70 valence electrons. The van der Waals surface area contributed by atoms with E-state index in [0.29, 0.717) is 13.2 Å². The highest BCUT2D eigenvalue weighted by molar-refractivity contribution is 5.20. The first-order valence-corrected chi connectivity index (χ1v) is 4.34. The second-order valence-corrected chi connectivity index (χ2v) is 3.06. The molecule has 1 aromatic carbocycles. The summed E-state index contributed by atoms with van der Waals surface area (Å²) in [5, 5.41) is 9.40. The van der Waals surface area contributed by atoms with Crippen LogP contribution in [0, 0.1) is 0 Å². The predicted octanol–water partition coefficient (Wildman–Crippen LogP) is 0.825. The molecule has 2 rings (SSSR count). The Hall–Kier alpha value is -1.06. The summed E-state index contributed by atoms with van der Waals surface area (Å²) in [6.45, 7) is 0.952. The van der Waals surface area contributed by atoms with Crippen molar-refractivity contribution >= 4 is 0 Å². The summed E-state index contributed by atoms with van der Waals surface area (Å²) < 4.78 is 10.3. The largest absolute Gasteiger partial charge is 0.491 e. The van der Waals surface area contributed by atoms with Gasteiger partial charge in [0.25, 0.3) is 0 Å². The molecular weight excluding hydrogens is 168 g/mol. The fourth-order valence-corrected chi connectivity index (χ4v) is 1.08. The molecule has 0 aromatic heterocycles. The molecule has 3 nitrogen and oxygen atoms in total. The van der Waals surface area contributed by atoms with Crippen LogP contribution in [-0.4, -0.2) is 30.5 Å².